The zero-order chi connectivity index (χ0) is 16.5. The van der Waals surface area contributed by atoms with Crippen LogP contribution in [0.1, 0.15) is 25.3 Å². The summed E-state index contributed by atoms with van der Waals surface area (Å²) >= 11 is 0. The van der Waals surface area contributed by atoms with Crippen molar-refractivity contribution >= 4 is 6.03 Å². The molecule has 1 heterocycles. The van der Waals surface area contributed by atoms with Crippen LogP contribution in [-0.2, 0) is 11.3 Å². The van der Waals surface area contributed by atoms with Crippen molar-refractivity contribution in [3.63, 3.8) is 0 Å². The highest BCUT2D eigenvalue weighted by Crippen LogP contribution is 2.13. The first-order valence-corrected chi connectivity index (χ1v) is 8.50. The molecular formula is C18H29N3O2. The summed E-state index contributed by atoms with van der Waals surface area (Å²) in [4.78, 5) is 16.6. The van der Waals surface area contributed by atoms with E-state index in [9.17, 15) is 4.79 Å². The van der Waals surface area contributed by atoms with Gasteiger partial charge in [0, 0.05) is 52.5 Å². The first-order valence-electron chi connectivity index (χ1n) is 8.50. The average Bonchev–Trinajstić information content (AvgIpc) is 2.55. The molecule has 1 fully saturated rings. The van der Waals surface area contributed by atoms with Crippen molar-refractivity contribution in [2.24, 2.45) is 0 Å². The van der Waals surface area contributed by atoms with E-state index in [2.05, 4.69) is 41.4 Å². The first kappa shape index (κ1) is 17.8. The lowest BCUT2D eigenvalue weighted by Gasteiger charge is -2.39. The Labute approximate surface area is 139 Å². The molecule has 1 aromatic rings. The van der Waals surface area contributed by atoms with E-state index in [0.717, 1.165) is 52.2 Å². The predicted molar refractivity (Wildman–Crippen MR) is 92.4 cm³/mol. The number of unbranched alkanes of at least 4 members (excludes halogenated alkanes) is 1. The molecule has 0 unspecified atom stereocenters. The molecule has 1 atom stereocenters. The zero-order valence-corrected chi connectivity index (χ0v) is 14.3. The third kappa shape index (κ3) is 5.84. The second-order valence-electron chi connectivity index (χ2n) is 6.19. The fourth-order valence-corrected chi connectivity index (χ4v) is 2.99. The van der Waals surface area contributed by atoms with Gasteiger partial charge in [-0.1, -0.05) is 30.3 Å². The number of carbonyl (C=O) groups excluding carboxylic acids is 1. The highest BCUT2D eigenvalue weighted by molar-refractivity contribution is 5.74. The van der Waals surface area contributed by atoms with Gasteiger partial charge in [-0.25, -0.2) is 4.79 Å². The van der Waals surface area contributed by atoms with Gasteiger partial charge in [0.05, 0.1) is 0 Å². The SMILES string of the molecule is COCCCCNC(=O)N1CCN(Cc2ccccc2)C[C@@H]1C. The Balaban J connectivity index is 1.72. The van der Waals surface area contributed by atoms with Crippen molar-refractivity contribution in [2.75, 3.05) is 39.9 Å². The number of benzene rings is 1. The number of nitrogens with zero attached hydrogens (tertiary/aromatic N) is 2. The van der Waals surface area contributed by atoms with Crippen LogP contribution in [0.3, 0.4) is 0 Å². The summed E-state index contributed by atoms with van der Waals surface area (Å²) in [5.41, 5.74) is 1.33. The van der Waals surface area contributed by atoms with E-state index >= 15 is 0 Å². The van der Waals surface area contributed by atoms with Gasteiger partial charge >= 0.3 is 6.03 Å². The van der Waals surface area contributed by atoms with Crippen molar-refractivity contribution in [1.82, 2.24) is 15.1 Å². The van der Waals surface area contributed by atoms with E-state index in [1.807, 2.05) is 11.0 Å². The van der Waals surface area contributed by atoms with Crippen molar-refractivity contribution in [2.45, 2.75) is 32.4 Å². The maximum absolute atomic E-state index is 12.3. The molecule has 5 nitrogen and oxygen atoms in total. The number of piperazine rings is 1. The Morgan fingerprint density at radius 1 is 1.26 bits per heavy atom. The number of methoxy groups -OCH3 is 1. The van der Waals surface area contributed by atoms with Crippen LogP contribution >= 0.6 is 0 Å². The van der Waals surface area contributed by atoms with Crippen molar-refractivity contribution in [3.8, 4) is 0 Å². The summed E-state index contributed by atoms with van der Waals surface area (Å²) in [7, 11) is 1.70. The molecule has 0 aromatic heterocycles. The Morgan fingerprint density at radius 3 is 2.74 bits per heavy atom. The lowest BCUT2D eigenvalue weighted by Crippen LogP contribution is -2.56. The van der Waals surface area contributed by atoms with Crippen LogP contribution < -0.4 is 5.32 Å². The van der Waals surface area contributed by atoms with Gasteiger partial charge in [0.25, 0.3) is 0 Å². The van der Waals surface area contributed by atoms with Crippen LogP contribution in [0, 0.1) is 0 Å². The van der Waals surface area contributed by atoms with Crippen molar-refractivity contribution in [1.29, 1.82) is 0 Å². The average molecular weight is 319 g/mol. The van der Waals surface area contributed by atoms with E-state index < -0.39 is 0 Å². The second kappa shape index (κ2) is 9.53. The van der Waals surface area contributed by atoms with Gasteiger partial charge in [-0.15, -0.1) is 0 Å². The molecule has 2 rings (SSSR count). The number of amides is 2. The Hall–Kier alpha value is -1.59. The molecule has 0 spiro atoms. The highest BCUT2D eigenvalue weighted by Gasteiger charge is 2.26. The number of rotatable bonds is 7. The maximum atomic E-state index is 12.3. The maximum Gasteiger partial charge on any atom is 0.317 e. The number of carbonyl (C=O) groups is 1. The van der Waals surface area contributed by atoms with E-state index in [1.165, 1.54) is 5.56 Å². The standard InChI is InChI=1S/C18H29N3O2/c1-16-14-20(15-17-8-4-3-5-9-17)11-12-21(16)18(22)19-10-6-7-13-23-2/h3-5,8-9,16H,6-7,10-15H2,1-2H3,(H,19,22)/t16-/m0/s1. The summed E-state index contributed by atoms with van der Waals surface area (Å²) in [5.74, 6) is 0. The van der Waals surface area contributed by atoms with Crippen LogP contribution in [0.2, 0.25) is 0 Å². The molecular weight excluding hydrogens is 290 g/mol. The molecule has 128 valence electrons. The molecule has 0 bridgehead atoms. The summed E-state index contributed by atoms with van der Waals surface area (Å²) in [5, 5.41) is 3.02. The molecule has 1 aliphatic rings. The van der Waals surface area contributed by atoms with Crippen LogP contribution in [0.25, 0.3) is 0 Å². The van der Waals surface area contributed by atoms with E-state index in [0.29, 0.717) is 0 Å². The molecule has 1 aliphatic heterocycles. The molecule has 1 saturated heterocycles. The topological polar surface area (TPSA) is 44.8 Å². The fourth-order valence-electron chi connectivity index (χ4n) is 2.99. The number of nitrogens with one attached hydrogen (secondary N) is 1. The molecule has 2 amide bonds. The van der Waals surface area contributed by atoms with Gasteiger partial charge in [0.2, 0.25) is 0 Å². The van der Waals surface area contributed by atoms with E-state index in [-0.39, 0.29) is 12.1 Å². The lowest BCUT2D eigenvalue weighted by atomic mass is 10.1. The molecule has 0 aliphatic carbocycles. The van der Waals surface area contributed by atoms with Crippen LogP contribution in [0.5, 0.6) is 0 Å². The summed E-state index contributed by atoms with van der Waals surface area (Å²) < 4.78 is 5.01. The minimum absolute atomic E-state index is 0.0641. The molecule has 1 aromatic carbocycles. The Morgan fingerprint density at radius 2 is 2.04 bits per heavy atom. The Bertz CT molecular complexity index is 467. The van der Waals surface area contributed by atoms with Gasteiger partial charge in [-0.3, -0.25) is 4.90 Å². The van der Waals surface area contributed by atoms with E-state index in [4.69, 9.17) is 4.74 Å². The van der Waals surface area contributed by atoms with Crippen LogP contribution in [-0.4, -0.2) is 61.8 Å². The monoisotopic (exact) mass is 319 g/mol. The van der Waals surface area contributed by atoms with E-state index in [1.54, 1.807) is 7.11 Å². The Kier molecular flexibility index (Phi) is 7.36. The predicted octanol–water partition coefficient (Wildman–Crippen LogP) is 2.33. The van der Waals surface area contributed by atoms with Crippen molar-refractivity contribution < 1.29 is 9.53 Å². The quantitative estimate of drug-likeness (QED) is 0.785. The molecule has 0 saturated carbocycles. The summed E-state index contributed by atoms with van der Waals surface area (Å²) in [6.07, 6.45) is 1.94. The highest BCUT2D eigenvalue weighted by atomic mass is 16.5. The second-order valence-corrected chi connectivity index (χ2v) is 6.19. The van der Waals surface area contributed by atoms with Crippen LogP contribution in [0.4, 0.5) is 4.79 Å². The van der Waals surface area contributed by atoms with Gasteiger partial charge < -0.3 is 15.0 Å². The van der Waals surface area contributed by atoms with Crippen molar-refractivity contribution in [3.05, 3.63) is 35.9 Å². The molecule has 5 heteroatoms. The fraction of sp³-hybridized carbons (Fsp3) is 0.611. The minimum Gasteiger partial charge on any atom is -0.385 e. The van der Waals surface area contributed by atoms with Gasteiger partial charge in [-0.05, 0) is 25.3 Å². The van der Waals surface area contributed by atoms with Gasteiger partial charge in [0.1, 0.15) is 0 Å². The number of ether oxygens (including phenoxy) is 1. The normalized spacial score (nSPS) is 18.9. The molecule has 23 heavy (non-hydrogen) atoms. The smallest absolute Gasteiger partial charge is 0.317 e. The van der Waals surface area contributed by atoms with Gasteiger partial charge in [-0.2, -0.15) is 0 Å². The van der Waals surface area contributed by atoms with Crippen LogP contribution in [0.15, 0.2) is 30.3 Å². The minimum atomic E-state index is 0.0641. The molecule has 1 N–H and O–H groups in total. The lowest BCUT2D eigenvalue weighted by molar-refractivity contribution is 0.0974. The molecule has 0 radical (unpaired) electrons. The number of urea groups is 1. The van der Waals surface area contributed by atoms with Gasteiger partial charge in [0.15, 0.2) is 0 Å². The number of hydrogen-bond acceptors (Lipinski definition) is 3. The largest absolute Gasteiger partial charge is 0.385 e. The summed E-state index contributed by atoms with van der Waals surface area (Å²) in [6, 6.07) is 10.8. The zero-order valence-electron chi connectivity index (χ0n) is 14.3. The number of hydrogen-bond donors (Lipinski definition) is 1. The first-order chi connectivity index (χ1) is 11.2. The third-order valence-corrected chi connectivity index (χ3v) is 4.27. The third-order valence-electron chi connectivity index (χ3n) is 4.27. The summed E-state index contributed by atoms with van der Waals surface area (Å²) in [6.45, 7) is 7.20.